The lowest BCUT2D eigenvalue weighted by Crippen LogP contribution is -2.38. The van der Waals surface area contributed by atoms with Crippen molar-refractivity contribution in [2.75, 3.05) is 11.9 Å². The van der Waals surface area contributed by atoms with E-state index in [2.05, 4.69) is 10.3 Å². The van der Waals surface area contributed by atoms with Gasteiger partial charge in [0.2, 0.25) is 11.8 Å². The quantitative estimate of drug-likeness (QED) is 0.300. The van der Waals surface area contributed by atoms with E-state index in [1.54, 1.807) is 19.1 Å². The first-order valence-corrected chi connectivity index (χ1v) is 13.9. The number of hydrogen-bond acceptors (Lipinski definition) is 4. The maximum Gasteiger partial charge on any atom is 0.417 e. The Bertz CT molecular complexity index is 1660. The summed E-state index contributed by atoms with van der Waals surface area (Å²) < 4.78 is 56.2. The number of carbonyl (C=O) groups is 3. The van der Waals surface area contributed by atoms with Gasteiger partial charge in [-0.2, -0.15) is 13.2 Å². The molecule has 3 heterocycles. The molecule has 1 aromatic heterocycles. The molecule has 43 heavy (non-hydrogen) atoms. The number of alkyl halides is 3. The van der Waals surface area contributed by atoms with Gasteiger partial charge in [-0.25, -0.2) is 9.18 Å². The molecule has 0 radical (unpaired) electrons. The Hall–Kier alpha value is -4.25. The predicted molar refractivity (Wildman–Crippen MR) is 152 cm³/mol. The second-order valence-corrected chi connectivity index (χ2v) is 11.0. The smallest absolute Gasteiger partial charge is 0.417 e. The molecule has 0 fully saturated rings. The number of anilines is 1. The fourth-order valence-corrected chi connectivity index (χ4v) is 5.71. The molecule has 2 bridgehead atoms. The number of aromatic nitrogens is 1. The van der Waals surface area contributed by atoms with E-state index >= 15 is 0 Å². The number of carboxylic acids is 1. The highest BCUT2D eigenvalue weighted by atomic mass is 35.5. The highest BCUT2D eigenvalue weighted by Crippen LogP contribution is 2.42. The first-order valence-electron chi connectivity index (χ1n) is 13.6. The summed E-state index contributed by atoms with van der Waals surface area (Å²) >= 11 is 5.82. The van der Waals surface area contributed by atoms with Gasteiger partial charge in [0.05, 0.1) is 27.9 Å². The van der Waals surface area contributed by atoms with Gasteiger partial charge in [-0.05, 0) is 72.9 Å². The van der Waals surface area contributed by atoms with Crippen molar-refractivity contribution < 1.29 is 37.1 Å². The molecule has 0 saturated carbocycles. The zero-order chi connectivity index (χ0) is 31.1. The third kappa shape index (κ3) is 6.13. The van der Waals surface area contributed by atoms with Crippen molar-refractivity contribution in [1.82, 2.24) is 9.88 Å². The van der Waals surface area contributed by atoms with Crippen LogP contribution in [0.5, 0.6) is 0 Å². The molecule has 2 N–H and O–H groups in total. The Balaban J connectivity index is 1.57. The molecule has 3 aromatic rings. The number of halogens is 5. The maximum atomic E-state index is 14.9. The monoisotopic (exact) mass is 615 g/mol. The van der Waals surface area contributed by atoms with Crippen molar-refractivity contribution in [2.24, 2.45) is 5.92 Å². The lowest BCUT2D eigenvalue weighted by Gasteiger charge is -2.35. The summed E-state index contributed by atoms with van der Waals surface area (Å²) in [5, 5.41) is 12.0. The number of benzene rings is 2. The van der Waals surface area contributed by atoms with Gasteiger partial charge in [0, 0.05) is 41.5 Å². The molecule has 2 aromatic carbocycles. The summed E-state index contributed by atoms with van der Waals surface area (Å²) in [4.78, 5) is 44.1. The Kier molecular flexibility index (Phi) is 8.29. The van der Waals surface area contributed by atoms with E-state index in [1.807, 2.05) is 0 Å². The topological polar surface area (TPSA) is 99.6 Å². The van der Waals surface area contributed by atoms with Gasteiger partial charge >= 0.3 is 12.1 Å². The van der Waals surface area contributed by atoms with Gasteiger partial charge in [-0.3, -0.25) is 14.6 Å². The highest BCUT2D eigenvalue weighted by molar-refractivity contribution is 6.31. The standard InChI is InChI=1S/C31H26ClF4N3O4/c1-16-3-2-4-25(24-14-17(9-11-37-24)20-13-19(30(42)43)5-8-23(20)38-29(16)41)39-12-10-18(15-26(39)40)27-21(31(34,35)36)6-7-22(32)28(27)33/h5-9,11,13-16,25H,2-4,10,12H2,1H3,(H,38,41)(H,42,43)/t16-,25+/m1/s1. The van der Waals surface area contributed by atoms with E-state index in [1.165, 1.54) is 29.3 Å². The predicted octanol–water partition coefficient (Wildman–Crippen LogP) is 7.37. The van der Waals surface area contributed by atoms with Crippen LogP contribution in [0.15, 0.2) is 54.7 Å². The zero-order valence-electron chi connectivity index (χ0n) is 22.8. The number of fused-ring (bicyclic) bond motifs is 4. The molecule has 0 spiro atoms. The Morgan fingerprint density at radius 3 is 2.58 bits per heavy atom. The number of hydrogen-bond donors (Lipinski definition) is 2. The molecule has 2 aliphatic rings. The van der Waals surface area contributed by atoms with E-state index in [4.69, 9.17) is 11.6 Å². The van der Waals surface area contributed by atoms with Crippen molar-refractivity contribution in [3.63, 3.8) is 0 Å². The summed E-state index contributed by atoms with van der Waals surface area (Å²) in [5.41, 5.74) is -0.140. The summed E-state index contributed by atoms with van der Waals surface area (Å²) in [6, 6.07) is 8.65. The average Bonchev–Trinajstić information content (AvgIpc) is 2.96. The van der Waals surface area contributed by atoms with Crippen molar-refractivity contribution in [3.05, 3.63) is 88.0 Å². The molecule has 2 amide bonds. The minimum atomic E-state index is -4.86. The van der Waals surface area contributed by atoms with Crippen LogP contribution in [0.4, 0.5) is 23.2 Å². The number of rotatable bonds is 3. The van der Waals surface area contributed by atoms with Gasteiger partial charge < -0.3 is 15.3 Å². The fourth-order valence-electron chi connectivity index (χ4n) is 5.55. The lowest BCUT2D eigenvalue weighted by atomic mass is 9.91. The Morgan fingerprint density at radius 1 is 1.12 bits per heavy atom. The zero-order valence-corrected chi connectivity index (χ0v) is 23.6. The van der Waals surface area contributed by atoms with Crippen LogP contribution < -0.4 is 5.32 Å². The molecule has 0 saturated heterocycles. The highest BCUT2D eigenvalue weighted by Gasteiger charge is 2.38. The van der Waals surface area contributed by atoms with E-state index in [-0.39, 0.29) is 30.0 Å². The van der Waals surface area contributed by atoms with Crippen LogP contribution in [0.25, 0.3) is 16.7 Å². The molecular formula is C31H26ClF4N3O4. The summed E-state index contributed by atoms with van der Waals surface area (Å²) in [5.74, 6) is -3.66. The van der Waals surface area contributed by atoms with Crippen LogP contribution in [0.2, 0.25) is 5.02 Å². The third-order valence-electron chi connectivity index (χ3n) is 7.82. The molecule has 5 rings (SSSR count). The van der Waals surface area contributed by atoms with Crippen molar-refractivity contribution in [3.8, 4) is 11.1 Å². The van der Waals surface area contributed by atoms with Crippen LogP contribution in [-0.2, 0) is 15.8 Å². The van der Waals surface area contributed by atoms with E-state index in [0.29, 0.717) is 47.8 Å². The number of nitrogens with one attached hydrogen (secondary N) is 1. The number of nitrogens with zero attached hydrogens (tertiary/aromatic N) is 2. The summed E-state index contributed by atoms with van der Waals surface area (Å²) in [6.07, 6.45) is -1.01. The van der Waals surface area contributed by atoms with Gasteiger partial charge in [0.15, 0.2) is 0 Å². The van der Waals surface area contributed by atoms with E-state index in [9.17, 15) is 37.1 Å². The van der Waals surface area contributed by atoms with Crippen LogP contribution in [0, 0.1) is 11.7 Å². The van der Waals surface area contributed by atoms with Crippen LogP contribution in [-0.4, -0.2) is 39.3 Å². The van der Waals surface area contributed by atoms with Gasteiger partial charge in [0.1, 0.15) is 5.82 Å². The first-order chi connectivity index (χ1) is 20.3. The number of aromatic carboxylic acids is 1. The molecule has 0 aliphatic carbocycles. The van der Waals surface area contributed by atoms with Crippen molar-refractivity contribution in [2.45, 2.75) is 44.8 Å². The average molecular weight is 616 g/mol. The molecule has 224 valence electrons. The van der Waals surface area contributed by atoms with E-state index in [0.717, 1.165) is 12.1 Å². The van der Waals surface area contributed by atoms with Crippen LogP contribution in [0.3, 0.4) is 0 Å². The molecule has 7 nitrogen and oxygen atoms in total. The number of carboxylic acid groups (broad SMARTS) is 1. The Morgan fingerprint density at radius 2 is 1.88 bits per heavy atom. The van der Waals surface area contributed by atoms with Crippen LogP contribution in [0.1, 0.15) is 65.8 Å². The largest absolute Gasteiger partial charge is 0.478 e. The second kappa shape index (κ2) is 11.8. The van der Waals surface area contributed by atoms with E-state index < -0.39 is 52.0 Å². The minimum Gasteiger partial charge on any atom is -0.478 e. The molecule has 0 unspecified atom stereocenters. The normalized spacial score (nSPS) is 19.5. The van der Waals surface area contributed by atoms with Gasteiger partial charge in [-0.15, -0.1) is 0 Å². The fraction of sp³-hybridized carbons (Fsp3) is 0.290. The van der Waals surface area contributed by atoms with Crippen LogP contribution >= 0.6 is 11.6 Å². The van der Waals surface area contributed by atoms with Crippen molar-refractivity contribution in [1.29, 1.82) is 0 Å². The van der Waals surface area contributed by atoms with Gasteiger partial charge in [0.25, 0.3) is 0 Å². The van der Waals surface area contributed by atoms with Gasteiger partial charge in [-0.1, -0.05) is 24.9 Å². The number of carbonyl (C=O) groups excluding carboxylic acids is 2. The summed E-state index contributed by atoms with van der Waals surface area (Å²) in [7, 11) is 0. The maximum absolute atomic E-state index is 14.9. The molecule has 12 heteroatoms. The second-order valence-electron chi connectivity index (χ2n) is 10.6. The first kappa shape index (κ1) is 30.2. The molecule has 2 aliphatic heterocycles. The molecular weight excluding hydrogens is 590 g/mol. The third-order valence-corrected chi connectivity index (χ3v) is 8.11. The Labute approximate surface area is 249 Å². The lowest BCUT2D eigenvalue weighted by molar-refractivity contribution is -0.138. The minimum absolute atomic E-state index is 0.0124. The molecule has 2 atom stereocenters. The SMILES string of the molecule is C[C@@H]1CCC[C@H](N2CCC(c3c(C(F)(F)F)ccc(Cl)c3F)=CC2=O)c2cc(ccn2)-c2cc(C(=O)O)ccc2NC1=O. The number of pyridine rings is 1. The van der Waals surface area contributed by atoms with Crippen molar-refractivity contribution >= 4 is 40.6 Å². The summed E-state index contributed by atoms with van der Waals surface area (Å²) in [6.45, 7) is 1.75. The number of amides is 2.